The Kier molecular flexibility index (Phi) is 5.62. The first kappa shape index (κ1) is 18.8. The fraction of sp³-hybridized carbons (Fsp3) is 0.111. The summed E-state index contributed by atoms with van der Waals surface area (Å²) in [6.45, 7) is 4.25. The lowest BCUT2D eigenvalue weighted by atomic mass is 10.2. The van der Waals surface area contributed by atoms with E-state index in [0.717, 1.165) is 0 Å². The molecule has 144 valence electrons. The third kappa shape index (κ3) is 3.88. The Bertz CT molecular complexity index is 1150. The predicted molar refractivity (Wildman–Crippen MR) is 128 cm³/mol. The summed E-state index contributed by atoms with van der Waals surface area (Å²) >= 11 is 0. The molecule has 4 aromatic carbocycles. The molecule has 0 unspecified atom stereocenters. The number of rotatable bonds is 0. The Labute approximate surface area is 171 Å². The largest absolute Gasteiger partial charge is 0.355 e. The molecule has 2 heterocycles. The number of aromatic nitrogens is 2. The van der Waals surface area contributed by atoms with Crippen LogP contribution >= 0.6 is 0 Å². The number of fused-ring (bicyclic) bond motifs is 6. The smallest absolute Gasteiger partial charge is 0.0464 e. The quantitative estimate of drug-likeness (QED) is 0.268. The van der Waals surface area contributed by atoms with Crippen LogP contribution in [-0.2, 0) is 0 Å². The molecule has 0 saturated carbocycles. The first-order valence-electron chi connectivity index (χ1n) is 10.2. The van der Waals surface area contributed by atoms with Gasteiger partial charge in [0.05, 0.1) is 0 Å². The van der Waals surface area contributed by atoms with Crippen LogP contribution in [0.5, 0.6) is 0 Å². The third-order valence-corrected chi connectivity index (χ3v) is 4.83. The van der Waals surface area contributed by atoms with Crippen LogP contribution in [-0.4, -0.2) is 9.97 Å². The van der Waals surface area contributed by atoms with Gasteiger partial charge in [-0.05, 0) is 24.3 Å². The Morgan fingerprint density at radius 1 is 0.414 bits per heavy atom. The van der Waals surface area contributed by atoms with Gasteiger partial charge in [-0.2, -0.15) is 0 Å². The minimum Gasteiger partial charge on any atom is -0.355 e. The summed E-state index contributed by atoms with van der Waals surface area (Å²) in [4.78, 5) is 6.76. The monoisotopic (exact) mass is 378 g/mol. The summed E-state index contributed by atoms with van der Waals surface area (Å²) in [7, 11) is 0. The maximum Gasteiger partial charge on any atom is 0.0464 e. The van der Waals surface area contributed by atoms with Crippen molar-refractivity contribution < 1.29 is 0 Å². The summed E-state index contributed by atoms with van der Waals surface area (Å²) in [5.74, 6) is 0. The number of para-hydroxylation sites is 4. The molecular weight excluding hydrogens is 352 g/mol. The molecule has 6 rings (SSSR count). The van der Waals surface area contributed by atoms with E-state index in [1.807, 2.05) is 0 Å². The minimum atomic E-state index is 1.21. The lowest BCUT2D eigenvalue weighted by Gasteiger charge is -1.87. The molecule has 0 spiro atoms. The molecule has 29 heavy (non-hydrogen) atoms. The van der Waals surface area contributed by atoms with Crippen molar-refractivity contribution in [1.82, 2.24) is 9.97 Å². The van der Waals surface area contributed by atoms with Gasteiger partial charge in [0, 0.05) is 43.6 Å². The average molecular weight is 379 g/mol. The molecule has 0 aliphatic heterocycles. The molecule has 2 aromatic heterocycles. The van der Waals surface area contributed by atoms with Crippen LogP contribution in [0.3, 0.4) is 0 Å². The zero-order chi connectivity index (χ0) is 20.1. The van der Waals surface area contributed by atoms with Crippen molar-refractivity contribution in [3.63, 3.8) is 0 Å². The Morgan fingerprint density at radius 2 is 0.621 bits per heavy atom. The van der Waals surface area contributed by atoms with Crippen LogP contribution in [0.1, 0.15) is 20.3 Å². The van der Waals surface area contributed by atoms with Gasteiger partial charge in [0.25, 0.3) is 0 Å². The first-order chi connectivity index (χ1) is 14.3. The fourth-order valence-corrected chi connectivity index (χ4v) is 3.60. The van der Waals surface area contributed by atoms with E-state index >= 15 is 0 Å². The van der Waals surface area contributed by atoms with E-state index in [2.05, 4.69) is 121 Å². The molecule has 0 aliphatic carbocycles. The average Bonchev–Trinajstić information content (AvgIpc) is 3.33. The van der Waals surface area contributed by atoms with Crippen molar-refractivity contribution >= 4 is 43.6 Å². The summed E-state index contributed by atoms with van der Waals surface area (Å²) < 4.78 is 0. The number of H-pyrrole nitrogens is 2. The van der Waals surface area contributed by atoms with E-state index in [9.17, 15) is 0 Å². The lowest BCUT2D eigenvalue weighted by Crippen LogP contribution is -1.62. The van der Waals surface area contributed by atoms with Gasteiger partial charge in [-0.3, -0.25) is 0 Å². The molecular formula is C27H26N2. The zero-order valence-electron chi connectivity index (χ0n) is 16.9. The molecule has 0 radical (unpaired) electrons. The minimum absolute atomic E-state index is 1.21. The molecule has 0 fully saturated rings. The molecule has 0 saturated heterocycles. The molecule has 0 aliphatic rings. The van der Waals surface area contributed by atoms with Crippen LogP contribution in [0, 0.1) is 0 Å². The van der Waals surface area contributed by atoms with E-state index in [-0.39, 0.29) is 0 Å². The molecule has 0 amide bonds. The summed E-state index contributed by atoms with van der Waals surface area (Å²) in [5.41, 5.74) is 4.85. The van der Waals surface area contributed by atoms with E-state index < -0.39 is 0 Å². The standard InChI is InChI=1S/2C12H9N.C3H8/c2*1-3-7-11-9(5-1)10-6-2-4-8-12(10)13-11;1-3-2/h2*1-8,13H;3H2,1-2H3. The van der Waals surface area contributed by atoms with Gasteiger partial charge in [0.1, 0.15) is 0 Å². The molecule has 2 N–H and O–H groups in total. The van der Waals surface area contributed by atoms with Crippen LogP contribution < -0.4 is 0 Å². The van der Waals surface area contributed by atoms with E-state index in [1.165, 1.54) is 50.0 Å². The van der Waals surface area contributed by atoms with Crippen LogP contribution in [0.25, 0.3) is 43.6 Å². The Balaban J connectivity index is 0.000000125. The second kappa shape index (κ2) is 8.66. The van der Waals surface area contributed by atoms with Crippen molar-refractivity contribution in [2.45, 2.75) is 20.3 Å². The third-order valence-electron chi connectivity index (χ3n) is 4.83. The van der Waals surface area contributed by atoms with Crippen LogP contribution in [0.4, 0.5) is 0 Å². The molecule has 6 aromatic rings. The summed E-state index contributed by atoms with van der Waals surface area (Å²) in [5, 5.41) is 5.22. The van der Waals surface area contributed by atoms with Crippen LogP contribution in [0.2, 0.25) is 0 Å². The summed E-state index contributed by atoms with van der Waals surface area (Å²) in [6.07, 6.45) is 1.25. The maximum absolute atomic E-state index is 3.38. The highest BCUT2D eigenvalue weighted by atomic mass is 14.7. The highest BCUT2D eigenvalue weighted by molar-refractivity contribution is 6.07. The lowest BCUT2D eigenvalue weighted by molar-refractivity contribution is 1.09. The van der Waals surface area contributed by atoms with Crippen LogP contribution in [0.15, 0.2) is 97.1 Å². The second-order valence-electron chi connectivity index (χ2n) is 7.14. The molecule has 0 atom stereocenters. The van der Waals surface area contributed by atoms with Crippen molar-refractivity contribution in [3.8, 4) is 0 Å². The van der Waals surface area contributed by atoms with Gasteiger partial charge >= 0.3 is 0 Å². The Hall–Kier alpha value is -3.52. The zero-order valence-corrected chi connectivity index (χ0v) is 16.9. The highest BCUT2D eigenvalue weighted by Crippen LogP contribution is 2.25. The SMILES string of the molecule is CCC.c1ccc2c(c1)[nH]c1ccccc12.c1ccc2c(c1)[nH]c1ccccc12. The van der Waals surface area contributed by atoms with Gasteiger partial charge < -0.3 is 9.97 Å². The van der Waals surface area contributed by atoms with Crippen molar-refractivity contribution in [2.24, 2.45) is 0 Å². The van der Waals surface area contributed by atoms with Crippen molar-refractivity contribution in [1.29, 1.82) is 0 Å². The van der Waals surface area contributed by atoms with E-state index in [4.69, 9.17) is 0 Å². The van der Waals surface area contributed by atoms with Gasteiger partial charge in [-0.25, -0.2) is 0 Å². The van der Waals surface area contributed by atoms with Gasteiger partial charge in [0.2, 0.25) is 0 Å². The number of nitrogens with one attached hydrogen (secondary N) is 2. The highest BCUT2D eigenvalue weighted by Gasteiger charge is 2.01. The van der Waals surface area contributed by atoms with E-state index in [0.29, 0.717) is 0 Å². The molecule has 2 heteroatoms. The second-order valence-corrected chi connectivity index (χ2v) is 7.14. The van der Waals surface area contributed by atoms with Gasteiger partial charge in [0.15, 0.2) is 0 Å². The summed E-state index contributed by atoms with van der Waals surface area (Å²) in [6, 6.07) is 33.5. The van der Waals surface area contributed by atoms with E-state index in [1.54, 1.807) is 0 Å². The fourth-order valence-electron chi connectivity index (χ4n) is 3.60. The molecule has 0 bridgehead atoms. The van der Waals surface area contributed by atoms with Gasteiger partial charge in [-0.1, -0.05) is 93.1 Å². The van der Waals surface area contributed by atoms with Crippen molar-refractivity contribution in [2.75, 3.05) is 0 Å². The van der Waals surface area contributed by atoms with Crippen molar-refractivity contribution in [3.05, 3.63) is 97.1 Å². The number of hydrogen-bond acceptors (Lipinski definition) is 0. The molecule has 2 nitrogen and oxygen atoms in total. The predicted octanol–water partition coefficient (Wildman–Crippen LogP) is 8.06. The first-order valence-corrected chi connectivity index (χ1v) is 10.2. The number of hydrogen-bond donors (Lipinski definition) is 2. The Morgan fingerprint density at radius 3 is 0.862 bits per heavy atom. The van der Waals surface area contributed by atoms with Gasteiger partial charge in [-0.15, -0.1) is 0 Å². The normalized spacial score (nSPS) is 10.6. The topological polar surface area (TPSA) is 31.6 Å². The maximum atomic E-state index is 3.38. The number of aromatic amines is 2. The number of benzene rings is 4.